The monoisotopic (exact) mass is 307 g/mol. The second-order valence-corrected chi connectivity index (χ2v) is 4.64. The second-order valence-electron chi connectivity index (χ2n) is 3.29. The quantitative estimate of drug-likeness (QED) is 0.908. The molecule has 0 aliphatic rings. The lowest BCUT2D eigenvalue weighted by Crippen LogP contribution is -1.95. The van der Waals surface area contributed by atoms with E-state index in [1.165, 1.54) is 0 Å². The zero-order valence-corrected chi connectivity index (χ0v) is 11.0. The van der Waals surface area contributed by atoms with Gasteiger partial charge in [-0.1, -0.05) is 27.5 Å². The van der Waals surface area contributed by atoms with Crippen LogP contribution < -0.4 is 5.32 Å². The van der Waals surface area contributed by atoms with Crippen molar-refractivity contribution in [3.05, 3.63) is 51.6 Å². The van der Waals surface area contributed by atoms with Gasteiger partial charge < -0.3 is 5.32 Å². The van der Waals surface area contributed by atoms with Gasteiger partial charge in [0.25, 0.3) is 0 Å². The summed E-state index contributed by atoms with van der Waals surface area (Å²) in [4.78, 5) is 4.11. The van der Waals surface area contributed by atoms with Crippen LogP contribution in [0.4, 0.5) is 11.5 Å². The summed E-state index contributed by atoms with van der Waals surface area (Å²) in [6.07, 6.45) is 1.55. The van der Waals surface area contributed by atoms with Crippen LogP contribution in [0.1, 0.15) is 5.56 Å². The van der Waals surface area contributed by atoms with Gasteiger partial charge in [0, 0.05) is 10.7 Å². The molecule has 1 heterocycles. The predicted octanol–water partition coefficient (Wildman–Crippen LogP) is 4.11. The third-order valence-corrected chi connectivity index (χ3v) is 2.81. The highest BCUT2D eigenvalue weighted by molar-refractivity contribution is 9.10. The summed E-state index contributed by atoms with van der Waals surface area (Å²) in [6.45, 7) is 0. The van der Waals surface area contributed by atoms with Gasteiger partial charge in [0.1, 0.15) is 11.9 Å². The molecule has 0 spiro atoms. The molecule has 0 bridgehead atoms. The van der Waals surface area contributed by atoms with Gasteiger partial charge in [0.15, 0.2) is 0 Å². The highest BCUT2D eigenvalue weighted by Crippen LogP contribution is 2.24. The summed E-state index contributed by atoms with van der Waals surface area (Å²) >= 11 is 9.11. The van der Waals surface area contributed by atoms with Crippen molar-refractivity contribution >= 4 is 39.0 Å². The maximum atomic E-state index is 8.98. The Morgan fingerprint density at radius 2 is 2.12 bits per heavy atom. The van der Waals surface area contributed by atoms with Crippen LogP contribution in [0.5, 0.6) is 0 Å². The molecule has 3 nitrogen and oxygen atoms in total. The topological polar surface area (TPSA) is 48.7 Å². The van der Waals surface area contributed by atoms with Gasteiger partial charge in [-0.25, -0.2) is 4.98 Å². The van der Waals surface area contributed by atoms with Crippen molar-refractivity contribution in [2.75, 3.05) is 5.32 Å². The Kier molecular flexibility index (Phi) is 3.62. The molecule has 84 valence electrons. The van der Waals surface area contributed by atoms with Crippen molar-refractivity contribution in [1.82, 2.24) is 4.98 Å². The Balaban J connectivity index is 2.32. The number of halogens is 2. The van der Waals surface area contributed by atoms with E-state index < -0.39 is 0 Å². The molecule has 0 radical (unpaired) electrons. The van der Waals surface area contributed by atoms with E-state index in [1.54, 1.807) is 24.4 Å². The zero-order valence-electron chi connectivity index (χ0n) is 8.61. The molecule has 17 heavy (non-hydrogen) atoms. The van der Waals surface area contributed by atoms with Crippen molar-refractivity contribution in [2.24, 2.45) is 0 Å². The Labute approximate surface area is 112 Å². The van der Waals surface area contributed by atoms with Gasteiger partial charge in [-0.3, -0.25) is 0 Å². The Morgan fingerprint density at radius 3 is 2.76 bits per heavy atom. The molecule has 0 aliphatic carbocycles. The van der Waals surface area contributed by atoms with Crippen LogP contribution in [-0.4, -0.2) is 4.98 Å². The number of pyridine rings is 1. The average Bonchev–Trinajstić information content (AvgIpc) is 2.32. The van der Waals surface area contributed by atoms with Gasteiger partial charge >= 0.3 is 0 Å². The molecule has 2 aromatic rings. The van der Waals surface area contributed by atoms with E-state index in [0.29, 0.717) is 22.1 Å². The molecule has 0 saturated carbocycles. The first kappa shape index (κ1) is 11.9. The number of rotatable bonds is 2. The van der Waals surface area contributed by atoms with E-state index >= 15 is 0 Å². The number of nitrogens with zero attached hydrogens (tertiary/aromatic N) is 2. The van der Waals surface area contributed by atoms with Crippen molar-refractivity contribution in [3.8, 4) is 6.07 Å². The van der Waals surface area contributed by atoms with E-state index in [0.717, 1.165) is 4.47 Å². The number of nitriles is 1. The lowest BCUT2D eigenvalue weighted by molar-refractivity contribution is 1.30. The maximum Gasteiger partial charge on any atom is 0.130 e. The van der Waals surface area contributed by atoms with Gasteiger partial charge in [-0.2, -0.15) is 5.26 Å². The van der Waals surface area contributed by atoms with Gasteiger partial charge in [0.2, 0.25) is 0 Å². The first-order valence-electron chi connectivity index (χ1n) is 4.77. The number of nitrogens with one attached hydrogen (secondary N) is 1. The molecule has 0 aliphatic heterocycles. The van der Waals surface area contributed by atoms with Crippen molar-refractivity contribution in [2.45, 2.75) is 0 Å². The van der Waals surface area contributed by atoms with E-state index in [-0.39, 0.29) is 0 Å². The Hall–Kier alpha value is -1.57. The molecule has 0 fully saturated rings. The Morgan fingerprint density at radius 1 is 1.29 bits per heavy atom. The van der Waals surface area contributed by atoms with Crippen molar-refractivity contribution in [1.29, 1.82) is 5.26 Å². The third kappa shape index (κ3) is 2.96. The summed E-state index contributed by atoms with van der Waals surface area (Å²) in [6, 6.07) is 11.0. The highest BCUT2D eigenvalue weighted by atomic mass is 79.9. The highest BCUT2D eigenvalue weighted by Gasteiger charge is 2.03. The summed E-state index contributed by atoms with van der Waals surface area (Å²) in [5.74, 6) is 0.643. The van der Waals surface area contributed by atoms with Gasteiger partial charge in [0.05, 0.1) is 16.3 Å². The number of anilines is 2. The molecule has 1 N–H and O–H groups in total. The van der Waals surface area contributed by atoms with E-state index in [2.05, 4.69) is 32.3 Å². The standard InChI is InChI=1S/C12H7BrClN3/c13-9-2-1-8(6-15)11(5-9)17-12-4-3-10(14)7-16-12/h1-5,7H,(H,16,17). The van der Waals surface area contributed by atoms with E-state index in [1.807, 2.05) is 12.1 Å². The summed E-state index contributed by atoms with van der Waals surface area (Å²) < 4.78 is 0.896. The molecule has 0 amide bonds. The fourth-order valence-electron chi connectivity index (χ4n) is 1.31. The molecule has 1 aromatic carbocycles. The summed E-state index contributed by atoms with van der Waals surface area (Å²) in [5, 5.41) is 12.6. The van der Waals surface area contributed by atoms with Gasteiger partial charge in [-0.15, -0.1) is 0 Å². The van der Waals surface area contributed by atoms with E-state index in [9.17, 15) is 0 Å². The normalized spacial score (nSPS) is 9.71. The largest absolute Gasteiger partial charge is 0.339 e. The molecule has 0 unspecified atom stereocenters. The van der Waals surface area contributed by atoms with Crippen LogP contribution in [0.15, 0.2) is 41.0 Å². The third-order valence-electron chi connectivity index (χ3n) is 2.09. The number of hydrogen-bond acceptors (Lipinski definition) is 3. The second kappa shape index (κ2) is 5.17. The SMILES string of the molecule is N#Cc1ccc(Br)cc1Nc1ccc(Cl)cn1. The van der Waals surface area contributed by atoms with Crippen LogP contribution in [0.25, 0.3) is 0 Å². The Bertz CT molecular complexity index is 575. The molecule has 2 rings (SSSR count). The zero-order chi connectivity index (χ0) is 12.3. The van der Waals surface area contributed by atoms with Crippen LogP contribution in [-0.2, 0) is 0 Å². The molecular weight excluding hydrogens is 302 g/mol. The minimum atomic E-state index is 0.560. The first-order valence-corrected chi connectivity index (χ1v) is 5.94. The first-order chi connectivity index (χ1) is 8.19. The van der Waals surface area contributed by atoms with Crippen LogP contribution in [0.2, 0.25) is 5.02 Å². The molecule has 5 heteroatoms. The lowest BCUT2D eigenvalue weighted by atomic mass is 10.2. The van der Waals surface area contributed by atoms with Crippen LogP contribution in [0.3, 0.4) is 0 Å². The molecule has 1 aromatic heterocycles. The summed E-state index contributed by atoms with van der Waals surface area (Å²) in [7, 11) is 0. The number of hydrogen-bond donors (Lipinski definition) is 1. The van der Waals surface area contributed by atoms with Crippen molar-refractivity contribution < 1.29 is 0 Å². The summed E-state index contributed by atoms with van der Waals surface area (Å²) in [5.41, 5.74) is 1.27. The fourth-order valence-corrected chi connectivity index (χ4v) is 1.78. The van der Waals surface area contributed by atoms with Gasteiger partial charge in [-0.05, 0) is 30.3 Å². The number of benzene rings is 1. The smallest absolute Gasteiger partial charge is 0.130 e. The predicted molar refractivity (Wildman–Crippen MR) is 71.4 cm³/mol. The van der Waals surface area contributed by atoms with E-state index in [4.69, 9.17) is 16.9 Å². The number of aromatic nitrogens is 1. The average molecular weight is 309 g/mol. The fraction of sp³-hybridized carbons (Fsp3) is 0. The van der Waals surface area contributed by atoms with Crippen LogP contribution in [0, 0.1) is 11.3 Å². The maximum absolute atomic E-state index is 8.98. The minimum absolute atomic E-state index is 0.560. The lowest BCUT2D eigenvalue weighted by Gasteiger charge is -2.07. The minimum Gasteiger partial charge on any atom is -0.339 e. The molecular formula is C12H7BrClN3. The van der Waals surface area contributed by atoms with Crippen molar-refractivity contribution in [3.63, 3.8) is 0 Å². The molecule has 0 saturated heterocycles. The molecule has 0 atom stereocenters. The van der Waals surface area contributed by atoms with Crippen LogP contribution >= 0.6 is 27.5 Å².